The molecule has 62 valence electrons. The van der Waals surface area contributed by atoms with E-state index in [1.54, 1.807) is 18.6 Å². The SMILES string of the molecule is COc1s[n+](C)c2ccccc12. The highest BCUT2D eigenvalue weighted by molar-refractivity contribution is 7.05. The number of rotatable bonds is 1. The normalized spacial score (nSPS) is 10.5. The predicted molar refractivity (Wildman–Crippen MR) is 49.6 cm³/mol. The molecule has 0 atom stereocenters. The number of fused-ring (bicyclic) bond motifs is 1. The quantitative estimate of drug-likeness (QED) is 0.609. The summed E-state index contributed by atoms with van der Waals surface area (Å²) >= 11 is 1.62. The summed E-state index contributed by atoms with van der Waals surface area (Å²) < 4.78 is 7.35. The van der Waals surface area contributed by atoms with Crippen LogP contribution < -0.4 is 8.69 Å². The van der Waals surface area contributed by atoms with Crippen molar-refractivity contribution >= 4 is 22.4 Å². The minimum atomic E-state index is 0.980. The molecule has 0 saturated carbocycles. The van der Waals surface area contributed by atoms with Crippen LogP contribution in [0.5, 0.6) is 5.06 Å². The second-order valence-electron chi connectivity index (χ2n) is 2.60. The molecule has 0 radical (unpaired) electrons. The smallest absolute Gasteiger partial charge is 0.251 e. The molecular weight excluding hydrogens is 170 g/mol. The highest BCUT2D eigenvalue weighted by Gasteiger charge is 2.14. The zero-order chi connectivity index (χ0) is 8.55. The van der Waals surface area contributed by atoms with Crippen molar-refractivity contribution in [2.75, 3.05) is 7.11 Å². The van der Waals surface area contributed by atoms with Crippen molar-refractivity contribution in [2.24, 2.45) is 7.05 Å². The van der Waals surface area contributed by atoms with E-state index in [2.05, 4.69) is 16.1 Å². The summed E-state index contributed by atoms with van der Waals surface area (Å²) in [5.74, 6) is 0. The van der Waals surface area contributed by atoms with Crippen molar-refractivity contribution in [1.29, 1.82) is 0 Å². The van der Waals surface area contributed by atoms with Gasteiger partial charge in [0.05, 0.1) is 7.11 Å². The van der Waals surface area contributed by atoms with Crippen molar-refractivity contribution in [3.05, 3.63) is 24.3 Å². The maximum atomic E-state index is 5.25. The maximum Gasteiger partial charge on any atom is 0.251 e. The van der Waals surface area contributed by atoms with E-state index in [9.17, 15) is 0 Å². The van der Waals surface area contributed by atoms with Crippen molar-refractivity contribution in [3.8, 4) is 5.06 Å². The first-order valence-electron chi connectivity index (χ1n) is 3.75. The van der Waals surface area contributed by atoms with Gasteiger partial charge in [0.15, 0.2) is 18.6 Å². The monoisotopic (exact) mass is 180 g/mol. The van der Waals surface area contributed by atoms with Crippen molar-refractivity contribution in [2.45, 2.75) is 0 Å². The maximum absolute atomic E-state index is 5.25. The molecule has 1 aromatic heterocycles. The number of hydrogen-bond acceptors (Lipinski definition) is 2. The van der Waals surface area contributed by atoms with E-state index in [0.717, 1.165) is 5.06 Å². The Bertz CT molecular complexity index is 408. The fourth-order valence-electron chi connectivity index (χ4n) is 1.29. The van der Waals surface area contributed by atoms with E-state index >= 15 is 0 Å². The number of nitrogens with zero attached hydrogens (tertiary/aromatic N) is 1. The fourth-order valence-corrected chi connectivity index (χ4v) is 2.14. The Morgan fingerprint density at radius 2 is 2.08 bits per heavy atom. The topological polar surface area (TPSA) is 13.1 Å². The van der Waals surface area contributed by atoms with Crippen LogP contribution in [0.25, 0.3) is 10.9 Å². The van der Waals surface area contributed by atoms with E-state index < -0.39 is 0 Å². The van der Waals surface area contributed by atoms with Crippen LogP contribution in [-0.2, 0) is 7.05 Å². The lowest BCUT2D eigenvalue weighted by atomic mass is 10.2. The van der Waals surface area contributed by atoms with Crippen LogP contribution in [0, 0.1) is 0 Å². The van der Waals surface area contributed by atoms with Gasteiger partial charge in [-0.3, -0.25) is 0 Å². The first-order chi connectivity index (χ1) is 5.83. The van der Waals surface area contributed by atoms with Gasteiger partial charge in [-0.15, -0.1) is 3.96 Å². The third-order valence-electron chi connectivity index (χ3n) is 1.87. The molecule has 3 heteroatoms. The second-order valence-corrected chi connectivity index (χ2v) is 3.70. The molecule has 1 heterocycles. The lowest BCUT2D eigenvalue weighted by Gasteiger charge is -1.88. The van der Waals surface area contributed by atoms with Crippen LogP contribution in [0.3, 0.4) is 0 Å². The van der Waals surface area contributed by atoms with Gasteiger partial charge < -0.3 is 4.74 Å². The Morgan fingerprint density at radius 3 is 2.83 bits per heavy atom. The number of aromatic nitrogens is 1. The van der Waals surface area contributed by atoms with Gasteiger partial charge in [0.2, 0.25) is 5.52 Å². The molecule has 2 nitrogen and oxygen atoms in total. The first-order valence-corrected chi connectivity index (χ1v) is 4.52. The third kappa shape index (κ3) is 0.975. The minimum absolute atomic E-state index is 0.980. The van der Waals surface area contributed by atoms with Crippen LogP contribution in [0.1, 0.15) is 0 Å². The Labute approximate surface area is 75.2 Å². The highest BCUT2D eigenvalue weighted by Crippen LogP contribution is 2.27. The number of ether oxygens (including phenoxy) is 1. The van der Waals surface area contributed by atoms with Gasteiger partial charge in [-0.05, 0) is 6.07 Å². The van der Waals surface area contributed by atoms with E-state index in [1.807, 2.05) is 19.2 Å². The Morgan fingerprint density at radius 1 is 1.33 bits per heavy atom. The summed E-state index contributed by atoms with van der Waals surface area (Å²) in [7, 11) is 3.74. The molecule has 0 N–H and O–H groups in total. The standard InChI is InChI=1S/C9H10NOS/c1-10-8-6-4-3-5-7(8)9(11-2)12-10/h3-6H,1-2H3/q+1. The average molecular weight is 180 g/mol. The lowest BCUT2D eigenvalue weighted by Crippen LogP contribution is -2.21. The molecule has 0 aliphatic carbocycles. The van der Waals surface area contributed by atoms with Crippen molar-refractivity contribution in [1.82, 2.24) is 0 Å². The molecule has 0 spiro atoms. The molecular formula is C9H10NOS+. The lowest BCUT2D eigenvalue weighted by molar-refractivity contribution is -0.573. The number of hydrogen-bond donors (Lipinski definition) is 0. The van der Waals surface area contributed by atoms with Gasteiger partial charge in [0.25, 0.3) is 5.06 Å². The Kier molecular flexibility index (Phi) is 1.73. The molecule has 0 unspecified atom stereocenters. The number of methoxy groups -OCH3 is 1. The van der Waals surface area contributed by atoms with Crippen molar-refractivity contribution in [3.63, 3.8) is 0 Å². The van der Waals surface area contributed by atoms with Crippen LogP contribution in [-0.4, -0.2) is 7.11 Å². The van der Waals surface area contributed by atoms with Gasteiger partial charge in [-0.1, -0.05) is 12.1 Å². The number of benzene rings is 1. The van der Waals surface area contributed by atoms with Gasteiger partial charge >= 0.3 is 0 Å². The molecule has 1 aromatic carbocycles. The summed E-state index contributed by atoms with van der Waals surface area (Å²) in [6, 6.07) is 8.23. The van der Waals surface area contributed by atoms with Gasteiger partial charge in [0.1, 0.15) is 5.39 Å². The van der Waals surface area contributed by atoms with Crippen LogP contribution >= 0.6 is 11.5 Å². The zero-order valence-electron chi connectivity index (χ0n) is 7.07. The number of para-hydroxylation sites is 1. The van der Waals surface area contributed by atoms with Gasteiger partial charge in [-0.2, -0.15) is 0 Å². The van der Waals surface area contributed by atoms with Gasteiger partial charge in [0, 0.05) is 6.07 Å². The first kappa shape index (κ1) is 7.55. The largest absolute Gasteiger partial charge is 0.483 e. The van der Waals surface area contributed by atoms with Crippen LogP contribution in [0.4, 0.5) is 0 Å². The molecule has 0 bridgehead atoms. The Hall–Kier alpha value is -1.09. The van der Waals surface area contributed by atoms with E-state index in [0.29, 0.717) is 0 Å². The highest BCUT2D eigenvalue weighted by atomic mass is 32.1. The second kappa shape index (κ2) is 2.75. The molecule has 2 rings (SSSR count). The number of aryl methyl sites for hydroxylation is 1. The van der Waals surface area contributed by atoms with E-state index in [4.69, 9.17) is 4.74 Å². The summed E-state index contributed by atoms with van der Waals surface area (Å²) in [5, 5.41) is 2.17. The molecule has 0 aliphatic rings. The summed E-state index contributed by atoms with van der Waals surface area (Å²) in [6.07, 6.45) is 0. The van der Waals surface area contributed by atoms with Gasteiger partial charge in [-0.25, -0.2) is 0 Å². The predicted octanol–water partition coefficient (Wildman–Crippen LogP) is 1.73. The molecule has 0 fully saturated rings. The summed E-state index contributed by atoms with van der Waals surface area (Å²) in [4.78, 5) is 0. The Balaban J connectivity index is 2.82. The molecule has 0 aliphatic heterocycles. The molecule has 0 saturated heterocycles. The summed E-state index contributed by atoms with van der Waals surface area (Å²) in [6.45, 7) is 0. The van der Waals surface area contributed by atoms with E-state index in [-0.39, 0.29) is 0 Å². The van der Waals surface area contributed by atoms with Crippen LogP contribution in [0.15, 0.2) is 24.3 Å². The van der Waals surface area contributed by atoms with Crippen molar-refractivity contribution < 1.29 is 8.69 Å². The zero-order valence-corrected chi connectivity index (χ0v) is 7.89. The third-order valence-corrected chi connectivity index (χ3v) is 2.89. The fraction of sp³-hybridized carbons (Fsp3) is 0.222. The summed E-state index contributed by atoms with van der Waals surface area (Å²) in [5.41, 5.74) is 1.22. The minimum Gasteiger partial charge on any atom is -0.483 e. The molecule has 0 amide bonds. The average Bonchev–Trinajstić information content (AvgIpc) is 2.44. The van der Waals surface area contributed by atoms with E-state index in [1.165, 1.54) is 10.9 Å². The van der Waals surface area contributed by atoms with Crippen LogP contribution in [0.2, 0.25) is 0 Å². The molecule has 12 heavy (non-hydrogen) atoms. The molecule has 2 aromatic rings.